The number of benzene rings is 2. The molecule has 2 amide bonds. The van der Waals surface area contributed by atoms with Crippen LogP contribution in [0.15, 0.2) is 59.4 Å². The molecule has 0 aliphatic carbocycles. The van der Waals surface area contributed by atoms with Crippen LogP contribution in [0.4, 0.5) is 0 Å². The summed E-state index contributed by atoms with van der Waals surface area (Å²) in [5.74, 6) is -0.681. The molecule has 0 radical (unpaired) electrons. The first-order chi connectivity index (χ1) is 13.5. The van der Waals surface area contributed by atoms with Gasteiger partial charge in [-0.25, -0.2) is 5.10 Å². The van der Waals surface area contributed by atoms with Crippen molar-refractivity contribution < 1.29 is 9.59 Å². The topological polar surface area (TPSA) is 104 Å². The Hall–Kier alpha value is -3.74. The third-order valence-electron chi connectivity index (χ3n) is 4.24. The van der Waals surface area contributed by atoms with Gasteiger partial charge in [-0.3, -0.25) is 25.2 Å². The molecule has 1 heterocycles. The molecule has 2 aromatic carbocycles. The Bertz CT molecular complexity index is 1100. The van der Waals surface area contributed by atoms with Crippen LogP contribution in [0.25, 0.3) is 16.8 Å². The molecule has 142 valence electrons. The van der Waals surface area contributed by atoms with Crippen molar-refractivity contribution in [3.8, 4) is 0 Å². The molecule has 0 aliphatic rings. The third kappa shape index (κ3) is 4.32. The molecule has 0 saturated carbocycles. The number of nitrogens with one attached hydrogen (secondary N) is 3. The van der Waals surface area contributed by atoms with E-state index in [9.17, 15) is 14.4 Å². The fraction of sp³-hybridized carbons (Fsp3) is 0.143. The zero-order valence-electron chi connectivity index (χ0n) is 15.5. The first-order valence-corrected chi connectivity index (χ1v) is 8.81. The minimum absolute atomic E-state index is 0.0174. The molecule has 0 aliphatic heterocycles. The minimum Gasteiger partial charge on any atom is -0.268 e. The van der Waals surface area contributed by atoms with Crippen molar-refractivity contribution in [2.24, 2.45) is 0 Å². The van der Waals surface area contributed by atoms with Crippen molar-refractivity contribution in [3.05, 3.63) is 81.8 Å². The van der Waals surface area contributed by atoms with Crippen molar-refractivity contribution in [2.45, 2.75) is 19.8 Å². The van der Waals surface area contributed by atoms with Gasteiger partial charge >= 0.3 is 0 Å². The number of nitrogens with zero attached hydrogens (tertiary/aromatic N) is 1. The molecule has 7 nitrogen and oxygen atoms in total. The summed E-state index contributed by atoms with van der Waals surface area (Å²) < 4.78 is 0. The van der Waals surface area contributed by atoms with Crippen LogP contribution in [0.3, 0.4) is 0 Å². The third-order valence-corrected chi connectivity index (χ3v) is 4.24. The predicted octanol–water partition coefficient (Wildman–Crippen LogP) is 2.52. The summed E-state index contributed by atoms with van der Waals surface area (Å²) in [6, 6.07) is 14.5. The SMILES string of the molecule is CC(C)c1ccc(/C=C/C(=O)NNC(=O)c2n[nH]c(=O)c3ccccc23)cc1. The Morgan fingerprint density at radius 3 is 2.36 bits per heavy atom. The standard InChI is InChI=1S/C21H20N4O3/c1-13(2)15-10-7-14(8-11-15)9-12-18(26)22-25-21(28)19-16-5-3-4-6-17(16)20(27)24-23-19/h3-13H,1-2H3,(H,22,26)(H,24,27)(H,25,28)/b12-9+. The number of amides is 2. The van der Waals surface area contributed by atoms with Crippen molar-refractivity contribution in [2.75, 3.05) is 0 Å². The summed E-state index contributed by atoms with van der Waals surface area (Å²) in [5, 5.41) is 6.81. The smallest absolute Gasteiger partial charge is 0.268 e. The monoisotopic (exact) mass is 376 g/mol. The Labute approximate surface area is 161 Å². The Morgan fingerprint density at radius 2 is 1.68 bits per heavy atom. The number of fused-ring (bicyclic) bond motifs is 1. The number of carbonyl (C=O) groups excluding carboxylic acids is 2. The number of hydrogen-bond acceptors (Lipinski definition) is 4. The first-order valence-electron chi connectivity index (χ1n) is 8.81. The molecule has 0 fully saturated rings. The van der Waals surface area contributed by atoms with Crippen LogP contribution in [0, 0.1) is 0 Å². The molecule has 1 aromatic heterocycles. The average Bonchev–Trinajstić information content (AvgIpc) is 2.71. The lowest BCUT2D eigenvalue weighted by molar-refractivity contribution is -0.117. The number of rotatable bonds is 4. The van der Waals surface area contributed by atoms with Crippen molar-refractivity contribution >= 4 is 28.7 Å². The van der Waals surface area contributed by atoms with E-state index in [1.165, 1.54) is 11.6 Å². The largest absolute Gasteiger partial charge is 0.290 e. The molecule has 0 unspecified atom stereocenters. The molecule has 28 heavy (non-hydrogen) atoms. The Balaban J connectivity index is 1.64. The van der Waals surface area contributed by atoms with Crippen LogP contribution in [-0.2, 0) is 4.79 Å². The summed E-state index contributed by atoms with van der Waals surface area (Å²) in [6.07, 6.45) is 2.97. The van der Waals surface area contributed by atoms with Gasteiger partial charge in [0.2, 0.25) is 0 Å². The zero-order valence-corrected chi connectivity index (χ0v) is 15.5. The number of hydrogen-bond donors (Lipinski definition) is 3. The van der Waals surface area contributed by atoms with E-state index in [0.29, 0.717) is 16.7 Å². The predicted molar refractivity (Wildman–Crippen MR) is 108 cm³/mol. The van der Waals surface area contributed by atoms with Gasteiger partial charge in [0.25, 0.3) is 17.4 Å². The van der Waals surface area contributed by atoms with Crippen molar-refractivity contribution in [1.29, 1.82) is 0 Å². The highest BCUT2D eigenvalue weighted by Crippen LogP contribution is 2.15. The highest BCUT2D eigenvalue weighted by Gasteiger charge is 2.14. The number of aromatic amines is 1. The fourth-order valence-corrected chi connectivity index (χ4v) is 2.67. The highest BCUT2D eigenvalue weighted by atomic mass is 16.2. The lowest BCUT2D eigenvalue weighted by Gasteiger charge is -2.07. The summed E-state index contributed by atoms with van der Waals surface area (Å²) in [6.45, 7) is 4.23. The van der Waals surface area contributed by atoms with Gasteiger partial charge < -0.3 is 0 Å². The average molecular weight is 376 g/mol. The van der Waals surface area contributed by atoms with E-state index in [2.05, 4.69) is 34.9 Å². The summed E-state index contributed by atoms with van der Waals surface area (Å²) in [5.41, 5.74) is 6.32. The quantitative estimate of drug-likeness (QED) is 0.481. The minimum atomic E-state index is -0.629. The van der Waals surface area contributed by atoms with E-state index in [-0.39, 0.29) is 11.3 Å². The van der Waals surface area contributed by atoms with Crippen LogP contribution in [0.5, 0.6) is 0 Å². The normalized spacial score (nSPS) is 11.1. The maximum Gasteiger partial charge on any atom is 0.290 e. The van der Waals surface area contributed by atoms with Crippen molar-refractivity contribution in [3.63, 3.8) is 0 Å². The zero-order chi connectivity index (χ0) is 20.1. The molecule has 3 rings (SSSR count). The first kappa shape index (κ1) is 19.0. The molecule has 0 saturated heterocycles. The molecule has 7 heteroatoms. The van der Waals surface area contributed by atoms with Gasteiger partial charge in [-0.15, -0.1) is 0 Å². The highest BCUT2D eigenvalue weighted by molar-refractivity contribution is 6.05. The fourth-order valence-electron chi connectivity index (χ4n) is 2.67. The number of hydrazine groups is 1. The number of H-pyrrole nitrogens is 1. The van der Waals surface area contributed by atoms with Crippen LogP contribution < -0.4 is 16.4 Å². The van der Waals surface area contributed by atoms with Gasteiger partial charge in [-0.2, -0.15) is 5.10 Å². The van der Waals surface area contributed by atoms with Gasteiger partial charge in [0.05, 0.1) is 5.39 Å². The molecular formula is C21H20N4O3. The maximum absolute atomic E-state index is 12.3. The van der Waals surface area contributed by atoms with E-state index in [4.69, 9.17) is 0 Å². The van der Waals surface area contributed by atoms with E-state index in [1.54, 1.807) is 30.3 Å². The van der Waals surface area contributed by atoms with Gasteiger partial charge in [-0.1, -0.05) is 56.3 Å². The van der Waals surface area contributed by atoms with Gasteiger partial charge in [0.1, 0.15) is 0 Å². The molecular weight excluding hydrogens is 356 g/mol. The van der Waals surface area contributed by atoms with E-state index in [1.807, 2.05) is 24.3 Å². The number of aromatic nitrogens is 2. The van der Waals surface area contributed by atoms with Crippen LogP contribution in [0.2, 0.25) is 0 Å². The Kier molecular flexibility index (Phi) is 5.64. The van der Waals surface area contributed by atoms with Gasteiger partial charge in [-0.05, 0) is 29.2 Å². The number of carbonyl (C=O) groups is 2. The second-order valence-electron chi connectivity index (χ2n) is 6.54. The lowest BCUT2D eigenvalue weighted by atomic mass is 10.0. The molecule has 0 spiro atoms. The van der Waals surface area contributed by atoms with E-state index in [0.717, 1.165) is 5.56 Å². The summed E-state index contributed by atoms with van der Waals surface area (Å²) in [7, 11) is 0. The second-order valence-corrected chi connectivity index (χ2v) is 6.54. The Morgan fingerprint density at radius 1 is 1.00 bits per heavy atom. The summed E-state index contributed by atoms with van der Waals surface area (Å²) in [4.78, 5) is 36.0. The molecule has 0 atom stereocenters. The molecule has 0 bridgehead atoms. The lowest BCUT2D eigenvalue weighted by Crippen LogP contribution is -2.41. The van der Waals surface area contributed by atoms with Crippen LogP contribution in [-0.4, -0.2) is 22.0 Å². The van der Waals surface area contributed by atoms with Crippen LogP contribution in [0.1, 0.15) is 41.4 Å². The summed E-state index contributed by atoms with van der Waals surface area (Å²) >= 11 is 0. The van der Waals surface area contributed by atoms with E-state index >= 15 is 0 Å². The second kappa shape index (κ2) is 8.30. The molecule has 3 N–H and O–H groups in total. The van der Waals surface area contributed by atoms with Crippen LogP contribution >= 0.6 is 0 Å². The van der Waals surface area contributed by atoms with Gasteiger partial charge in [0, 0.05) is 11.5 Å². The van der Waals surface area contributed by atoms with Gasteiger partial charge in [0.15, 0.2) is 5.69 Å². The van der Waals surface area contributed by atoms with Crippen molar-refractivity contribution in [1.82, 2.24) is 21.0 Å². The molecule has 3 aromatic rings. The van der Waals surface area contributed by atoms with E-state index < -0.39 is 11.8 Å². The maximum atomic E-state index is 12.3.